The molecule has 0 aromatic heterocycles. The van der Waals surface area contributed by atoms with E-state index in [1.54, 1.807) is 37.3 Å². The summed E-state index contributed by atoms with van der Waals surface area (Å²) in [5.41, 5.74) is 5.15. The summed E-state index contributed by atoms with van der Waals surface area (Å²) in [6.45, 7) is 3.53. The van der Waals surface area contributed by atoms with Gasteiger partial charge in [0.2, 0.25) is 5.91 Å². The number of para-hydroxylation sites is 1. The fourth-order valence-corrected chi connectivity index (χ4v) is 4.07. The van der Waals surface area contributed by atoms with Gasteiger partial charge in [-0.3, -0.25) is 4.79 Å². The zero-order valence-electron chi connectivity index (χ0n) is 16.7. The second-order valence-electron chi connectivity index (χ2n) is 6.80. The van der Waals surface area contributed by atoms with Gasteiger partial charge in [-0.05, 0) is 48.7 Å². The Morgan fingerprint density at radius 2 is 1.70 bits per heavy atom. The van der Waals surface area contributed by atoms with E-state index in [1.807, 2.05) is 43.3 Å². The summed E-state index contributed by atoms with van der Waals surface area (Å²) in [5, 5.41) is 3.93. The number of benzene rings is 3. The lowest BCUT2D eigenvalue weighted by atomic mass is 10.1. The third-order valence-corrected chi connectivity index (χ3v) is 5.71. The standard InChI is InChI=1S/C23H22N2O4S/c1-17-12-13-18(2)22(14-17)30(27,28)29-21-11-7-6-10-20(21)16-24-25-23(26)15-19-8-4-3-5-9-19/h3-14,16H,15H2,1-2H3,(H,25,26)/b24-16+. The number of carbonyl (C=O) groups is 1. The lowest BCUT2D eigenvalue weighted by Gasteiger charge is -2.11. The van der Waals surface area contributed by atoms with Crippen molar-refractivity contribution in [3.8, 4) is 5.75 Å². The summed E-state index contributed by atoms with van der Waals surface area (Å²) in [6.07, 6.45) is 1.55. The van der Waals surface area contributed by atoms with Crippen molar-refractivity contribution >= 4 is 22.2 Å². The lowest BCUT2D eigenvalue weighted by molar-refractivity contribution is -0.120. The number of nitrogens with one attached hydrogen (secondary N) is 1. The minimum absolute atomic E-state index is 0.116. The van der Waals surface area contributed by atoms with Crippen LogP contribution in [0, 0.1) is 13.8 Å². The highest BCUT2D eigenvalue weighted by atomic mass is 32.2. The molecule has 154 valence electrons. The highest BCUT2D eigenvalue weighted by Crippen LogP contribution is 2.24. The molecular formula is C23H22N2O4S. The first kappa shape index (κ1) is 21.3. The molecule has 6 nitrogen and oxygen atoms in total. The van der Waals surface area contributed by atoms with E-state index in [9.17, 15) is 13.2 Å². The summed E-state index contributed by atoms with van der Waals surface area (Å²) in [6, 6.07) is 21.0. The summed E-state index contributed by atoms with van der Waals surface area (Å²) >= 11 is 0. The van der Waals surface area contributed by atoms with Crippen molar-refractivity contribution < 1.29 is 17.4 Å². The molecule has 1 N–H and O–H groups in total. The van der Waals surface area contributed by atoms with Crippen LogP contribution >= 0.6 is 0 Å². The van der Waals surface area contributed by atoms with Gasteiger partial charge in [-0.2, -0.15) is 13.5 Å². The van der Waals surface area contributed by atoms with Crippen LogP contribution in [-0.2, 0) is 21.3 Å². The van der Waals surface area contributed by atoms with Crippen LogP contribution in [0.4, 0.5) is 0 Å². The Morgan fingerprint density at radius 1 is 1.00 bits per heavy atom. The molecule has 0 spiro atoms. The van der Waals surface area contributed by atoms with Gasteiger partial charge in [0.15, 0.2) is 5.75 Å². The van der Waals surface area contributed by atoms with Crippen molar-refractivity contribution in [1.29, 1.82) is 0 Å². The average molecular weight is 423 g/mol. The van der Waals surface area contributed by atoms with Gasteiger partial charge in [-0.1, -0.05) is 54.6 Å². The van der Waals surface area contributed by atoms with Crippen LogP contribution in [0.3, 0.4) is 0 Å². The zero-order chi connectivity index (χ0) is 21.6. The van der Waals surface area contributed by atoms with Crippen LogP contribution in [0.15, 0.2) is 82.8 Å². The summed E-state index contributed by atoms with van der Waals surface area (Å²) in [4.78, 5) is 12.1. The molecule has 3 aromatic rings. The molecule has 7 heteroatoms. The molecule has 0 atom stereocenters. The van der Waals surface area contributed by atoms with Gasteiger partial charge >= 0.3 is 10.1 Å². The topological polar surface area (TPSA) is 84.8 Å². The van der Waals surface area contributed by atoms with E-state index >= 15 is 0 Å². The number of hydrazone groups is 1. The van der Waals surface area contributed by atoms with Gasteiger partial charge in [0.25, 0.3) is 0 Å². The third-order valence-electron chi connectivity index (χ3n) is 4.33. The minimum Gasteiger partial charge on any atom is -0.378 e. The molecule has 0 radical (unpaired) electrons. The number of rotatable bonds is 7. The summed E-state index contributed by atoms with van der Waals surface area (Å²) in [5.74, 6) is -0.154. The van der Waals surface area contributed by atoms with Crippen LogP contribution in [-0.4, -0.2) is 20.5 Å². The predicted octanol–water partition coefficient (Wildman–Crippen LogP) is 3.76. The van der Waals surface area contributed by atoms with E-state index in [0.717, 1.165) is 11.1 Å². The first-order chi connectivity index (χ1) is 14.3. The molecule has 0 fully saturated rings. The fraction of sp³-hybridized carbons (Fsp3) is 0.130. The van der Waals surface area contributed by atoms with E-state index in [2.05, 4.69) is 10.5 Å². The van der Waals surface area contributed by atoms with Crippen molar-refractivity contribution in [3.63, 3.8) is 0 Å². The number of carbonyl (C=O) groups excluding carboxylic acids is 1. The van der Waals surface area contributed by atoms with Crippen LogP contribution in [0.5, 0.6) is 5.75 Å². The lowest BCUT2D eigenvalue weighted by Crippen LogP contribution is -2.19. The molecule has 0 saturated heterocycles. The smallest absolute Gasteiger partial charge is 0.339 e. The number of amides is 1. The van der Waals surface area contributed by atoms with Crippen molar-refractivity contribution in [2.24, 2.45) is 5.10 Å². The Morgan fingerprint density at radius 3 is 2.47 bits per heavy atom. The van der Waals surface area contributed by atoms with Crippen LogP contribution in [0.25, 0.3) is 0 Å². The van der Waals surface area contributed by atoms with Crippen LogP contribution in [0.2, 0.25) is 0 Å². The minimum atomic E-state index is -4.02. The van der Waals surface area contributed by atoms with Crippen molar-refractivity contribution in [3.05, 3.63) is 95.1 Å². The summed E-state index contributed by atoms with van der Waals surface area (Å²) < 4.78 is 30.9. The molecular weight excluding hydrogens is 400 g/mol. The van der Waals surface area contributed by atoms with Gasteiger partial charge in [-0.15, -0.1) is 0 Å². The molecule has 3 aromatic carbocycles. The molecule has 0 heterocycles. The first-order valence-electron chi connectivity index (χ1n) is 9.32. The van der Waals surface area contributed by atoms with E-state index in [4.69, 9.17) is 4.18 Å². The highest BCUT2D eigenvalue weighted by Gasteiger charge is 2.20. The quantitative estimate of drug-likeness (QED) is 0.357. The van der Waals surface area contributed by atoms with E-state index < -0.39 is 10.1 Å². The van der Waals surface area contributed by atoms with E-state index in [0.29, 0.717) is 11.1 Å². The van der Waals surface area contributed by atoms with Crippen molar-refractivity contribution in [2.45, 2.75) is 25.2 Å². The number of hydrogen-bond donors (Lipinski definition) is 1. The second kappa shape index (κ2) is 9.37. The Labute approximate surface area is 176 Å². The van der Waals surface area contributed by atoms with E-state index in [-0.39, 0.29) is 23.0 Å². The highest BCUT2D eigenvalue weighted by molar-refractivity contribution is 7.87. The first-order valence-corrected chi connectivity index (χ1v) is 10.7. The van der Waals surface area contributed by atoms with Gasteiger partial charge in [0, 0.05) is 5.56 Å². The van der Waals surface area contributed by atoms with Crippen molar-refractivity contribution in [1.82, 2.24) is 5.43 Å². The van der Waals surface area contributed by atoms with Gasteiger partial charge in [-0.25, -0.2) is 5.43 Å². The number of hydrogen-bond acceptors (Lipinski definition) is 5. The van der Waals surface area contributed by atoms with Crippen LogP contribution < -0.4 is 9.61 Å². The Bertz CT molecular complexity index is 1170. The zero-order valence-corrected chi connectivity index (χ0v) is 17.5. The molecule has 0 unspecified atom stereocenters. The normalized spacial score (nSPS) is 11.4. The molecule has 0 bridgehead atoms. The monoisotopic (exact) mass is 422 g/mol. The van der Waals surface area contributed by atoms with Gasteiger partial charge < -0.3 is 4.18 Å². The Kier molecular flexibility index (Phi) is 6.64. The van der Waals surface area contributed by atoms with Crippen LogP contribution in [0.1, 0.15) is 22.3 Å². The largest absolute Gasteiger partial charge is 0.378 e. The van der Waals surface area contributed by atoms with Gasteiger partial charge in [0.05, 0.1) is 12.6 Å². The Hall–Kier alpha value is -3.45. The Balaban J connectivity index is 1.73. The average Bonchev–Trinajstić information content (AvgIpc) is 2.71. The maximum absolute atomic E-state index is 12.8. The SMILES string of the molecule is Cc1ccc(C)c(S(=O)(=O)Oc2ccccc2/C=N/NC(=O)Cc2ccccc2)c1. The molecule has 0 aliphatic heterocycles. The molecule has 0 saturated carbocycles. The number of aryl methyl sites for hydroxylation is 2. The molecule has 1 amide bonds. The molecule has 0 aliphatic rings. The molecule has 30 heavy (non-hydrogen) atoms. The molecule has 0 aliphatic carbocycles. The van der Waals surface area contributed by atoms with E-state index in [1.165, 1.54) is 12.3 Å². The third kappa shape index (κ3) is 5.55. The summed E-state index contributed by atoms with van der Waals surface area (Å²) in [7, 11) is -4.02. The predicted molar refractivity (Wildman–Crippen MR) is 116 cm³/mol. The maximum atomic E-state index is 12.8. The van der Waals surface area contributed by atoms with Gasteiger partial charge in [0.1, 0.15) is 4.90 Å². The molecule has 3 rings (SSSR count). The second-order valence-corrected chi connectivity index (χ2v) is 8.31. The number of nitrogens with zero attached hydrogens (tertiary/aromatic N) is 1. The fourth-order valence-electron chi connectivity index (χ4n) is 2.80. The van der Waals surface area contributed by atoms with Crippen molar-refractivity contribution in [2.75, 3.05) is 0 Å². The maximum Gasteiger partial charge on any atom is 0.339 e.